The molecule has 0 saturated carbocycles. The van der Waals surface area contributed by atoms with Crippen LogP contribution in [0, 0.1) is 0 Å². The molecule has 14 aromatic rings. The van der Waals surface area contributed by atoms with E-state index in [2.05, 4.69) is 228 Å². The SMILES string of the molecule is CC(C)(c1ccccc1)c1cc(-c2nc3c(-c4cccc(-n5c6cc(-c7ccccc7)ccc6c6cccnc65)c4)cccc3n2-c2cccc3c2oc2ccccc23)c2[nH]c3ccccc3c2c1. The van der Waals surface area contributed by atoms with E-state index in [1.165, 1.54) is 22.1 Å². The summed E-state index contributed by atoms with van der Waals surface area (Å²) in [6, 6.07) is 75.8. The second kappa shape index (κ2) is 15.0. The summed E-state index contributed by atoms with van der Waals surface area (Å²) in [5.74, 6) is 0.823. The van der Waals surface area contributed by atoms with Gasteiger partial charge >= 0.3 is 0 Å². The Balaban J connectivity index is 1.05. The molecular weight excluding hydrogens is 843 g/mol. The number of furan rings is 1. The predicted molar refractivity (Wildman–Crippen MR) is 285 cm³/mol. The molecule has 6 heteroatoms. The topological polar surface area (TPSA) is 64.6 Å². The second-order valence-corrected chi connectivity index (χ2v) is 18.7. The highest BCUT2D eigenvalue weighted by Crippen LogP contribution is 2.45. The van der Waals surface area contributed by atoms with Crippen LogP contribution >= 0.6 is 0 Å². The number of para-hydroxylation sites is 4. The maximum absolute atomic E-state index is 6.83. The zero-order valence-corrected chi connectivity index (χ0v) is 38.0. The summed E-state index contributed by atoms with van der Waals surface area (Å²) in [5.41, 5.74) is 17.2. The smallest absolute Gasteiger partial charge is 0.159 e. The first-order chi connectivity index (χ1) is 34.0. The molecule has 0 radical (unpaired) electrons. The molecule has 1 N–H and O–H groups in total. The van der Waals surface area contributed by atoms with Crippen molar-refractivity contribution in [3.05, 3.63) is 230 Å². The lowest BCUT2D eigenvalue weighted by Gasteiger charge is -2.27. The van der Waals surface area contributed by atoms with Crippen molar-refractivity contribution in [2.75, 3.05) is 0 Å². The van der Waals surface area contributed by atoms with E-state index in [1.54, 1.807) is 0 Å². The maximum Gasteiger partial charge on any atom is 0.159 e. The van der Waals surface area contributed by atoms with E-state index in [0.717, 1.165) is 111 Å². The van der Waals surface area contributed by atoms with Gasteiger partial charge in [0.05, 0.1) is 27.8 Å². The van der Waals surface area contributed by atoms with Crippen LogP contribution in [0.4, 0.5) is 0 Å². The zero-order valence-electron chi connectivity index (χ0n) is 38.0. The highest BCUT2D eigenvalue weighted by molar-refractivity contribution is 6.14. The van der Waals surface area contributed by atoms with Crippen LogP contribution in [0.2, 0.25) is 0 Å². The van der Waals surface area contributed by atoms with Gasteiger partial charge in [-0.25, -0.2) is 9.97 Å². The van der Waals surface area contributed by atoms with E-state index < -0.39 is 0 Å². The zero-order chi connectivity index (χ0) is 45.8. The summed E-state index contributed by atoms with van der Waals surface area (Å²) in [5, 5.41) is 6.75. The van der Waals surface area contributed by atoms with Gasteiger partial charge < -0.3 is 9.40 Å². The van der Waals surface area contributed by atoms with Crippen LogP contribution in [0.5, 0.6) is 0 Å². The normalized spacial score (nSPS) is 12.2. The molecule has 326 valence electrons. The summed E-state index contributed by atoms with van der Waals surface area (Å²) in [6.45, 7) is 4.64. The Morgan fingerprint density at radius 2 is 1.22 bits per heavy atom. The molecule has 6 nitrogen and oxygen atoms in total. The Kier molecular flexibility index (Phi) is 8.52. The number of imidazole rings is 1. The van der Waals surface area contributed by atoms with Gasteiger partial charge in [0.1, 0.15) is 17.1 Å². The molecular formula is C63H43N5O. The molecule has 0 atom stereocenters. The molecule has 5 heterocycles. The minimum atomic E-state index is -0.326. The number of hydrogen-bond acceptors (Lipinski definition) is 3. The number of nitrogens with zero attached hydrogens (tertiary/aromatic N) is 4. The minimum Gasteiger partial charge on any atom is -0.454 e. The number of aromatic nitrogens is 5. The maximum atomic E-state index is 6.83. The number of fused-ring (bicyclic) bond motifs is 10. The summed E-state index contributed by atoms with van der Waals surface area (Å²) < 4.78 is 11.5. The number of rotatable bonds is 7. The van der Waals surface area contributed by atoms with Crippen molar-refractivity contribution >= 4 is 76.7 Å². The fourth-order valence-electron chi connectivity index (χ4n) is 10.9. The van der Waals surface area contributed by atoms with Gasteiger partial charge in [0.25, 0.3) is 0 Å². The lowest BCUT2D eigenvalue weighted by Crippen LogP contribution is -2.19. The van der Waals surface area contributed by atoms with Crippen LogP contribution in [-0.4, -0.2) is 24.1 Å². The molecule has 9 aromatic carbocycles. The average molecular weight is 886 g/mol. The number of nitrogens with one attached hydrogen (secondary N) is 1. The van der Waals surface area contributed by atoms with Gasteiger partial charge in [0.15, 0.2) is 5.58 Å². The van der Waals surface area contributed by atoms with E-state index >= 15 is 0 Å². The van der Waals surface area contributed by atoms with Crippen LogP contribution in [0.25, 0.3) is 122 Å². The Labute approximate surface area is 397 Å². The molecule has 0 amide bonds. The van der Waals surface area contributed by atoms with E-state index in [1.807, 2.05) is 18.3 Å². The van der Waals surface area contributed by atoms with Gasteiger partial charge in [-0.3, -0.25) is 9.13 Å². The predicted octanol–water partition coefficient (Wildman–Crippen LogP) is 16.4. The fraction of sp³-hybridized carbons (Fsp3) is 0.0476. The highest BCUT2D eigenvalue weighted by Gasteiger charge is 2.29. The first kappa shape index (κ1) is 39.2. The van der Waals surface area contributed by atoms with Gasteiger partial charge in [0, 0.05) is 66.3 Å². The quantitative estimate of drug-likeness (QED) is 0.173. The van der Waals surface area contributed by atoms with Crippen molar-refractivity contribution in [1.29, 1.82) is 0 Å². The third-order valence-corrected chi connectivity index (χ3v) is 14.4. The van der Waals surface area contributed by atoms with Gasteiger partial charge in [-0.2, -0.15) is 0 Å². The second-order valence-electron chi connectivity index (χ2n) is 18.7. The molecule has 0 aliphatic heterocycles. The molecule has 14 rings (SSSR count). The van der Waals surface area contributed by atoms with E-state index in [9.17, 15) is 0 Å². The first-order valence-electron chi connectivity index (χ1n) is 23.6. The number of aromatic amines is 1. The number of H-pyrrole nitrogens is 1. The Bertz CT molecular complexity index is 4340. The monoisotopic (exact) mass is 885 g/mol. The molecule has 0 saturated heterocycles. The van der Waals surface area contributed by atoms with Crippen LogP contribution in [0.15, 0.2) is 223 Å². The van der Waals surface area contributed by atoms with Gasteiger partial charge in [0.2, 0.25) is 0 Å². The van der Waals surface area contributed by atoms with Crippen LogP contribution in [0.1, 0.15) is 25.0 Å². The minimum absolute atomic E-state index is 0.326. The fourth-order valence-corrected chi connectivity index (χ4v) is 10.9. The van der Waals surface area contributed by atoms with Crippen molar-refractivity contribution in [2.24, 2.45) is 0 Å². The molecule has 5 aromatic heterocycles. The van der Waals surface area contributed by atoms with Gasteiger partial charge in [-0.15, -0.1) is 0 Å². The van der Waals surface area contributed by atoms with Crippen molar-refractivity contribution in [1.82, 2.24) is 24.1 Å². The van der Waals surface area contributed by atoms with Crippen molar-refractivity contribution in [3.63, 3.8) is 0 Å². The number of pyridine rings is 1. The molecule has 69 heavy (non-hydrogen) atoms. The molecule has 0 spiro atoms. The van der Waals surface area contributed by atoms with E-state index in [4.69, 9.17) is 14.4 Å². The Hall–Kier alpha value is -9.00. The average Bonchev–Trinajstić information content (AvgIpc) is 4.18. The van der Waals surface area contributed by atoms with Crippen molar-refractivity contribution in [3.8, 4) is 45.0 Å². The number of benzene rings is 9. The molecule has 0 fully saturated rings. The highest BCUT2D eigenvalue weighted by atomic mass is 16.3. The van der Waals surface area contributed by atoms with E-state index in [0.29, 0.717) is 0 Å². The lowest BCUT2D eigenvalue weighted by atomic mass is 9.77. The lowest BCUT2D eigenvalue weighted by molar-refractivity contribution is 0.642. The molecule has 0 aliphatic rings. The number of hydrogen-bond donors (Lipinski definition) is 1. The Morgan fingerprint density at radius 3 is 2.10 bits per heavy atom. The third-order valence-electron chi connectivity index (χ3n) is 14.4. The van der Waals surface area contributed by atoms with Crippen LogP contribution < -0.4 is 0 Å². The molecule has 0 bridgehead atoms. The van der Waals surface area contributed by atoms with Crippen LogP contribution in [0.3, 0.4) is 0 Å². The first-order valence-corrected chi connectivity index (χ1v) is 23.6. The van der Waals surface area contributed by atoms with Gasteiger partial charge in [-0.05, 0) is 94.5 Å². The Morgan fingerprint density at radius 1 is 0.478 bits per heavy atom. The largest absolute Gasteiger partial charge is 0.454 e. The summed E-state index contributed by atoms with van der Waals surface area (Å²) in [4.78, 5) is 14.7. The van der Waals surface area contributed by atoms with Crippen molar-refractivity contribution < 1.29 is 4.42 Å². The third kappa shape index (κ3) is 5.98. The van der Waals surface area contributed by atoms with E-state index in [-0.39, 0.29) is 5.41 Å². The summed E-state index contributed by atoms with van der Waals surface area (Å²) in [7, 11) is 0. The molecule has 0 aliphatic carbocycles. The van der Waals surface area contributed by atoms with Gasteiger partial charge in [-0.1, -0.05) is 159 Å². The van der Waals surface area contributed by atoms with Crippen LogP contribution in [-0.2, 0) is 5.41 Å². The molecule has 0 unspecified atom stereocenters. The summed E-state index contributed by atoms with van der Waals surface area (Å²) >= 11 is 0. The summed E-state index contributed by atoms with van der Waals surface area (Å²) in [6.07, 6.45) is 1.89. The van der Waals surface area contributed by atoms with Crippen molar-refractivity contribution in [2.45, 2.75) is 19.3 Å². The standard InChI is InChI=1S/C63H43N5O/c1-63(2,42-20-7-4-8-21-42)43-37-51-46-23-9-11-28-53(46)65-58(51)52(38-43)62-66-59-45(25-14-29-54(59)68(62)55-30-15-26-49-48-24-10-12-31-57(48)69-60(49)55)41-19-13-22-44(35-41)67-56-36-40(39-17-5-3-6-18-39)32-33-47(56)50-27-16-34-64-61(50)67/h3-38,65H,1-2H3.